The summed E-state index contributed by atoms with van der Waals surface area (Å²) >= 11 is 0. The van der Waals surface area contributed by atoms with Crippen molar-refractivity contribution in [2.75, 3.05) is 0 Å². The van der Waals surface area contributed by atoms with Crippen molar-refractivity contribution < 1.29 is 0 Å². The van der Waals surface area contributed by atoms with Crippen molar-refractivity contribution in [3.63, 3.8) is 0 Å². The maximum absolute atomic E-state index is 5.11. The Kier molecular flexibility index (Phi) is 7.41. The van der Waals surface area contributed by atoms with Crippen LogP contribution in [0.25, 0.3) is 89.4 Å². The molecule has 5 heteroatoms. The van der Waals surface area contributed by atoms with Gasteiger partial charge in [0.1, 0.15) is 0 Å². The summed E-state index contributed by atoms with van der Waals surface area (Å²) in [6, 6.07) is 56.3. The van der Waals surface area contributed by atoms with E-state index in [1.165, 1.54) is 10.9 Å². The van der Waals surface area contributed by atoms with Crippen molar-refractivity contribution in [3.05, 3.63) is 176 Å². The van der Waals surface area contributed by atoms with Crippen LogP contribution in [0.15, 0.2) is 176 Å². The second-order valence-electron chi connectivity index (χ2n) is 12.1. The fraction of sp³-hybridized carbons (Fsp3) is 0. The third-order valence-electron chi connectivity index (χ3n) is 9.03. The van der Waals surface area contributed by atoms with Crippen molar-refractivity contribution in [2.24, 2.45) is 0 Å². The van der Waals surface area contributed by atoms with E-state index in [9.17, 15) is 0 Å². The minimum atomic E-state index is 0.638. The number of nitrogens with zero attached hydrogens (tertiary/aromatic N) is 5. The summed E-state index contributed by atoms with van der Waals surface area (Å²) in [4.78, 5) is 24.0. The second kappa shape index (κ2) is 12.6. The molecule has 9 aromatic rings. The van der Waals surface area contributed by atoms with E-state index in [1.807, 2.05) is 91.3 Å². The van der Waals surface area contributed by atoms with Crippen molar-refractivity contribution in [1.29, 1.82) is 0 Å². The van der Waals surface area contributed by atoms with Crippen LogP contribution in [0, 0.1) is 0 Å². The topological polar surface area (TPSA) is 64.5 Å². The zero-order chi connectivity index (χ0) is 33.3. The molecule has 0 radical (unpaired) electrons. The summed E-state index contributed by atoms with van der Waals surface area (Å²) in [7, 11) is 0. The Balaban J connectivity index is 1.12. The summed E-state index contributed by atoms with van der Waals surface area (Å²) in [6.45, 7) is 0. The molecule has 0 amide bonds. The number of rotatable bonds is 6. The van der Waals surface area contributed by atoms with Crippen LogP contribution in [0.5, 0.6) is 0 Å². The molecule has 0 spiro atoms. The Morgan fingerprint density at radius 1 is 0.320 bits per heavy atom. The van der Waals surface area contributed by atoms with Gasteiger partial charge >= 0.3 is 0 Å². The predicted molar refractivity (Wildman–Crippen MR) is 203 cm³/mol. The van der Waals surface area contributed by atoms with Crippen LogP contribution in [0.4, 0.5) is 0 Å². The van der Waals surface area contributed by atoms with Crippen LogP contribution in [0.1, 0.15) is 0 Å². The first-order valence-corrected chi connectivity index (χ1v) is 16.6. The first kappa shape index (κ1) is 29.3. The molecule has 0 aliphatic carbocycles. The quantitative estimate of drug-likeness (QED) is 0.169. The van der Waals surface area contributed by atoms with Gasteiger partial charge in [-0.15, -0.1) is 0 Å². The van der Waals surface area contributed by atoms with E-state index < -0.39 is 0 Å². The van der Waals surface area contributed by atoms with Gasteiger partial charge in [-0.2, -0.15) is 0 Å². The Morgan fingerprint density at radius 3 is 1.52 bits per heavy atom. The lowest BCUT2D eigenvalue weighted by atomic mass is 9.91. The lowest BCUT2D eigenvalue weighted by molar-refractivity contribution is 1.07. The van der Waals surface area contributed by atoms with Crippen LogP contribution in [-0.2, 0) is 0 Å². The molecular weight excluding hydrogens is 611 g/mol. The van der Waals surface area contributed by atoms with Crippen molar-refractivity contribution in [3.8, 4) is 67.7 Å². The van der Waals surface area contributed by atoms with E-state index in [-0.39, 0.29) is 0 Å². The SMILES string of the molecule is c1ccc(-c2nc(-c3ccccc3)nc(-c3ccc(-c4cccc(-c5cccc6c(-c7ccncc7)nc7ccccc7c56)c4)cc3)n2)cc1. The van der Waals surface area contributed by atoms with Crippen molar-refractivity contribution in [1.82, 2.24) is 24.9 Å². The summed E-state index contributed by atoms with van der Waals surface area (Å²) in [5, 5.41) is 3.44. The molecule has 0 unspecified atom stereocenters. The highest BCUT2D eigenvalue weighted by Crippen LogP contribution is 2.39. The van der Waals surface area contributed by atoms with Gasteiger partial charge in [-0.25, -0.2) is 19.9 Å². The van der Waals surface area contributed by atoms with Gasteiger partial charge in [0.05, 0.1) is 11.2 Å². The molecule has 50 heavy (non-hydrogen) atoms. The van der Waals surface area contributed by atoms with Crippen LogP contribution >= 0.6 is 0 Å². The van der Waals surface area contributed by atoms with Gasteiger partial charge in [0.15, 0.2) is 17.5 Å². The van der Waals surface area contributed by atoms with E-state index >= 15 is 0 Å². The van der Waals surface area contributed by atoms with Crippen LogP contribution in [-0.4, -0.2) is 24.9 Å². The molecule has 0 fully saturated rings. The summed E-state index contributed by atoms with van der Waals surface area (Å²) in [5.74, 6) is 1.94. The van der Waals surface area contributed by atoms with E-state index in [1.54, 1.807) is 0 Å². The molecule has 234 valence electrons. The molecule has 3 aromatic heterocycles. The van der Waals surface area contributed by atoms with Gasteiger partial charge in [-0.3, -0.25) is 4.98 Å². The molecule has 0 atom stereocenters. The van der Waals surface area contributed by atoms with Gasteiger partial charge in [0.2, 0.25) is 0 Å². The molecule has 0 saturated carbocycles. The van der Waals surface area contributed by atoms with Gasteiger partial charge in [-0.05, 0) is 46.5 Å². The fourth-order valence-electron chi connectivity index (χ4n) is 6.59. The van der Waals surface area contributed by atoms with Gasteiger partial charge in [-0.1, -0.05) is 140 Å². The summed E-state index contributed by atoms with van der Waals surface area (Å²) < 4.78 is 0. The standard InChI is InChI=1S/C45H29N5/c1-3-11-32(12-4-1)43-48-44(33-13-5-2-6-14-33)50-45(49-43)34-23-21-30(22-24-34)35-15-9-16-36(29-35)37-18-10-19-39-41(37)38-17-7-8-20-40(38)47-42(39)31-25-27-46-28-26-31/h1-29H. The highest BCUT2D eigenvalue weighted by Gasteiger charge is 2.16. The van der Waals surface area contributed by atoms with E-state index in [4.69, 9.17) is 19.9 Å². The molecule has 3 heterocycles. The Hall–Kier alpha value is -6.85. The summed E-state index contributed by atoms with van der Waals surface area (Å²) in [5.41, 5.74) is 10.4. The van der Waals surface area contributed by atoms with Crippen LogP contribution < -0.4 is 0 Å². The third kappa shape index (κ3) is 5.47. The molecule has 9 rings (SSSR count). The van der Waals surface area contributed by atoms with E-state index in [0.717, 1.165) is 60.9 Å². The first-order valence-electron chi connectivity index (χ1n) is 16.6. The minimum Gasteiger partial charge on any atom is -0.265 e. The monoisotopic (exact) mass is 639 g/mol. The normalized spacial score (nSPS) is 11.2. The van der Waals surface area contributed by atoms with Crippen molar-refractivity contribution >= 4 is 21.7 Å². The number of hydrogen-bond donors (Lipinski definition) is 0. The van der Waals surface area contributed by atoms with Crippen molar-refractivity contribution in [2.45, 2.75) is 0 Å². The number of para-hydroxylation sites is 1. The highest BCUT2D eigenvalue weighted by atomic mass is 15.0. The maximum atomic E-state index is 5.11. The number of fused-ring (bicyclic) bond motifs is 3. The largest absolute Gasteiger partial charge is 0.265 e. The zero-order valence-electron chi connectivity index (χ0n) is 27.0. The molecule has 0 saturated heterocycles. The highest BCUT2D eigenvalue weighted by molar-refractivity contribution is 6.17. The Morgan fingerprint density at radius 2 is 0.840 bits per heavy atom. The first-order chi connectivity index (χ1) is 24.8. The lowest BCUT2D eigenvalue weighted by Gasteiger charge is -2.15. The Labute approximate surface area is 289 Å². The molecule has 5 nitrogen and oxygen atoms in total. The molecule has 6 aromatic carbocycles. The average Bonchev–Trinajstić information content (AvgIpc) is 3.21. The van der Waals surface area contributed by atoms with Gasteiger partial charge < -0.3 is 0 Å². The molecule has 0 aliphatic heterocycles. The third-order valence-corrected chi connectivity index (χ3v) is 9.03. The summed E-state index contributed by atoms with van der Waals surface area (Å²) in [6.07, 6.45) is 3.64. The molecule has 0 aliphatic rings. The molecule has 0 bridgehead atoms. The zero-order valence-corrected chi connectivity index (χ0v) is 27.0. The fourth-order valence-corrected chi connectivity index (χ4v) is 6.59. The number of hydrogen-bond acceptors (Lipinski definition) is 5. The Bertz CT molecular complexity index is 2560. The number of benzene rings is 6. The smallest absolute Gasteiger partial charge is 0.164 e. The molecule has 0 N–H and O–H groups in total. The molecular formula is C45H29N5. The van der Waals surface area contributed by atoms with E-state index in [0.29, 0.717) is 17.5 Å². The number of aromatic nitrogens is 5. The van der Waals surface area contributed by atoms with E-state index in [2.05, 4.69) is 89.9 Å². The predicted octanol–water partition coefficient (Wildman–Crippen LogP) is 11.0. The minimum absolute atomic E-state index is 0.638. The van der Waals surface area contributed by atoms with Crippen LogP contribution in [0.2, 0.25) is 0 Å². The average molecular weight is 640 g/mol. The maximum Gasteiger partial charge on any atom is 0.164 e. The van der Waals surface area contributed by atoms with Gasteiger partial charge in [0.25, 0.3) is 0 Å². The van der Waals surface area contributed by atoms with Gasteiger partial charge in [0, 0.05) is 50.8 Å². The number of pyridine rings is 2. The van der Waals surface area contributed by atoms with Crippen LogP contribution in [0.3, 0.4) is 0 Å². The second-order valence-corrected chi connectivity index (χ2v) is 12.1. The lowest BCUT2D eigenvalue weighted by Crippen LogP contribution is -2.00.